The normalized spacial score (nSPS) is 29.0. The number of aromatic nitrogens is 4. The quantitative estimate of drug-likeness (QED) is 0.728. The van der Waals surface area contributed by atoms with Crippen molar-refractivity contribution in [3.05, 3.63) is 41.7 Å². The van der Waals surface area contributed by atoms with E-state index in [1.54, 1.807) is 13.8 Å². The Hall–Kier alpha value is -2.07. The smallest absolute Gasteiger partial charge is 0.287 e. The van der Waals surface area contributed by atoms with Crippen molar-refractivity contribution in [1.29, 1.82) is 0 Å². The van der Waals surface area contributed by atoms with Crippen LogP contribution in [-0.4, -0.2) is 41.9 Å². The molecule has 28 heavy (non-hydrogen) atoms. The third kappa shape index (κ3) is 2.30. The minimum absolute atomic E-state index is 0.00275. The minimum atomic E-state index is -3.78. The molecule has 3 aliphatic rings. The van der Waals surface area contributed by atoms with E-state index in [0.717, 1.165) is 23.1 Å². The highest BCUT2D eigenvalue weighted by Gasteiger charge is 2.84. The molecule has 3 aliphatic carbocycles. The molecule has 5 rings (SSSR count). The predicted molar refractivity (Wildman–Crippen MR) is 88.0 cm³/mol. The fraction of sp³-hybridized carbons (Fsp3) is 0.611. The molecule has 3 saturated carbocycles. The third-order valence-corrected chi connectivity index (χ3v) is 6.67. The Balaban J connectivity index is 1.76. The van der Waals surface area contributed by atoms with Crippen LogP contribution in [0.1, 0.15) is 38.7 Å². The summed E-state index contributed by atoms with van der Waals surface area (Å²) in [6.45, 7) is 2.33. The Bertz CT molecular complexity index is 893. The summed E-state index contributed by atoms with van der Waals surface area (Å²) in [5.41, 5.74) is -7.10. The zero-order chi connectivity index (χ0) is 20.6. The summed E-state index contributed by atoms with van der Waals surface area (Å²) in [4.78, 5) is 0. The van der Waals surface area contributed by atoms with Crippen molar-refractivity contribution in [2.24, 2.45) is 10.8 Å². The molecule has 152 valence electrons. The van der Waals surface area contributed by atoms with Crippen LogP contribution in [0.3, 0.4) is 0 Å². The van der Waals surface area contributed by atoms with E-state index in [0.29, 0.717) is 6.07 Å². The van der Waals surface area contributed by atoms with Crippen molar-refractivity contribution >= 4 is 0 Å². The summed E-state index contributed by atoms with van der Waals surface area (Å²) < 4.78 is 60.2. The van der Waals surface area contributed by atoms with Gasteiger partial charge in [-0.3, -0.25) is 0 Å². The van der Waals surface area contributed by atoms with Gasteiger partial charge < -0.3 is 10.2 Å². The number of benzene rings is 1. The van der Waals surface area contributed by atoms with E-state index < -0.39 is 51.7 Å². The van der Waals surface area contributed by atoms with Gasteiger partial charge in [-0.25, -0.2) is 22.2 Å². The summed E-state index contributed by atoms with van der Waals surface area (Å²) in [5.74, 6) is -6.00. The van der Waals surface area contributed by atoms with Gasteiger partial charge in [0.2, 0.25) is 0 Å². The molecule has 1 aromatic carbocycles. The van der Waals surface area contributed by atoms with Crippen molar-refractivity contribution in [2.45, 2.75) is 56.8 Å². The zero-order valence-corrected chi connectivity index (χ0v) is 15.3. The zero-order valence-electron chi connectivity index (χ0n) is 15.3. The van der Waals surface area contributed by atoms with E-state index in [-0.39, 0.29) is 19.3 Å². The number of aliphatic hydroxyl groups is 2. The number of rotatable bonds is 6. The van der Waals surface area contributed by atoms with Gasteiger partial charge in [0.25, 0.3) is 5.92 Å². The standard InChI is InChI=1S/C18H20F4N4O2/c1-14(2,27)15-6-16(7-15,8-15)18(21,22)17(28,9-26-10-23-24-25-26)12-4-3-11(19)5-13(12)20/h3-5,10,27-28H,6-9H2,1-2H3/t15?,16?,17-/m0/s1. The van der Waals surface area contributed by atoms with E-state index >= 15 is 8.78 Å². The van der Waals surface area contributed by atoms with Crippen LogP contribution in [0.25, 0.3) is 0 Å². The van der Waals surface area contributed by atoms with Crippen molar-refractivity contribution in [2.75, 3.05) is 0 Å². The molecule has 6 nitrogen and oxygen atoms in total. The monoisotopic (exact) mass is 400 g/mol. The molecule has 0 spiro atoms. The SMILES string of the molecule is CC(C)(O)C12CC(C(F)(F)[C@](O)(Cn3cnnn3)c3ccc(F)cc3F)(C1)C2. The van der Waals surface area contributed by atoms with Gasteiger partial charge in [-0.05, 0) is 55.7 Å². The summed E-state index contributed by atoms with van der Waals surface area (Å²) in [7, 11) is 0. The average molecular weight is 400 g/mol. The average Bonchev–Trinajstić information content (AvgIpc) is 2.94. The highest BCUT2D eigenvalue weighted by molar-refractivity contribution is 5.35. The first-order valence-corrected chi connectivity index (χ1v) is 8.85. The Morgan fingerprint density at radius 1 is 1.11 bits per heavy atom. The van der Waals surface area contributed by atoms with E-state index in [9.17, 15) is 19.0 Å². The minimum Gasteiger partial charge on any atom is -0.390 e. The molecule has 0 radical (unpaired) electrons. The number of hydrogen-bond donors (Lipinski definition) is 2. The van der Waals surface area contributed by atoms with Crippen molar-refractivity contribution in [3.8, 4) is 0 Å². The van der Waals surface area contributed by atoms with Crippen LogP contribution in [0.2, 0.25) is 0 Å². The van der Waals surface area contributed by atoms with Crippen LogP contribution >= 0.6 is 0 Å². The first-order chi connectivity index (χ1) is 12.9. The lowest BCUT2D eigenvalue weighted by Crippen LogP contribution is -2.78. The van der Waals surface area contributed by atoms with Crippen molar-refractivity contribution < 1.29 is 27.8 Å². The first-order valence-electron chi connectivity index (χ1n) is 8.85. The molecule has 2 aromatic rings. The van der Waals surface area contributed by atoms with E-state index in [1.807, 2.05) is 0 Å². The van der Waals surface area contributed by atoms with Crippen LogP contribution in [0.4, 0.5) is 17.6 Å². The second-order valence-corrected chi connectivity index (χ2v) is 8.72. The molecular formula is C18H20F4N4O2. The highest BCUT2D eigenvalue weighted by atomic mass is 19.3. The lowest BCUT2D eigenvalue weighted by Gasteiger charge is -2.77. The molecule has 3 fully saturated rings. The number of hydrogen-bond acceptors (Lipinski definition) is 5. The molecule has 1 heterocycles. The topological polar surface area (TPSA) is 84.1 Å². The van der Waals surface area contributed by atoms with Gasteiger partial charge in [0.15, 0.2) is 5.60 Å². The van der Waals surface area contributed by atoms with Crippen LogP contribution < -0.4 is 0 Å². The largest absolute Gasteiger partial charge is 0.390 e. The fourth-order valence-electron chi connectivity index (χ4n) is 4.87. The van der Waals surface area contributed by atoms with Gasteiger partial charge in [0.05, 0.1) is 12.1 Å². The Morgan fingerprint density at radius 2 is 1.75 bits per heavy atom. The first kappa shape index (κ1) is 19.3. The lowest BCUT2D eigenvalue weighted by molar-refractivity contribution is -0.398. The van der Waals surface area contributed by atoms with Gasteiger partial charge in [-0.15, -0.1) is 5.10 Å². The van der Waals surface area contributed by atoms with E-state index in [4.69, 9.17) is 0 Å². The van der Waals surface area contributed by atoms with Gasteiger partial charge in [0, 0.05) is 22.5 Å². The van der Waals surface area contributed by atoms with Crippen LogP contribution in [0.5, 0.6) is 0 Å². The number of halogens is 4. The maximum Gasteiger partial charge on any atom is 0.287 e. The Labute approximate surface area is 158 Å². The number of alkyl halides is 2. The predicted octanol–water partition coefficient (Wildman–Crippen LogP) is 2.42. The molecule has 2 bridgehead atoms. The van der Waals surface area contributed by atoms with Crippen LogP contribution in [0, 0.1) is 22.5 Å². The molecule has 0 amide bonds. The molecular weight excluding hydrogens is 380 g/mol. The lowest BCUT2D eigenvalue weighted by atomic mass is 9.28. The second-order valence-electron chi connectivity index (χ2n) is 8.72. The summed E-state index contributed by atoms with van der Waals surface area (Å²) in [6.07, 6.45) is 1.02. The van der Waals surface area contributed by atoms with Gasteiger partial charge in [-0.2, -0.15) is 0 Å². The highest BCUT2D eigenvalue weighted by Crippen LogP contribution is 2.82. The van der Waals surface area contributed by atoms with Crippen LogP contribution in [0.15, 0.2) is 24.5 Å². The summed E-state index contributed by atoms with van der Waals surface area (Å²) >= 11 is 0. The van der Waals surface area contributed by atoms with Gasteiger partial charge in [0.1, 0.15) is 18.0 Å². The molecule has 0 aliphatic heterocycles. The molecule has 0 unspecified atom stereocenters. The van der Waals surface area contributed by atoms with Crippen LogP contribution in [-0.2, 0) is 12.1 Å². The summed E-state index contributed by atoms with van der Waals surface area (Å²) in [6, 6.07) is 2.09. The summed E-state index contributed by atoms with van der Waals surface area (Å²) in [5, 5.41) is 31.7. The van der Waals surface area contributed by atoms with Crippen molar-refractivity contribution in [3.63, 3.8) is 0 Å². The van der Waals surface area contributed by atoms with Gasteiger partial charge >= 0.3 is 0 Å². The number of tetrazole rings is 1. The Morgan fingerprint density at radius 3 is 2.25 bits per heavy atom. The maximum atomic E-state index is 15.8. The molecule has 2 N–H and O–H groups in total. The molecule has 1 atom stereocenters. The fourth-order valence-corrected chi connectivity index (χ4v) is 4.87. The molecule has 1 aromatic heterocycles. The van der Waals surface area contributed by atoms with E-state index in [1.165, 1.54) is 0 Å². The third-order valence-electron chi connectivity index (χ3n) is 6.67. The number of nitrogens with zero attached hydrogens (tertiary/aromatic N) is 4. The van der Waals surface area contributed by atoms with Crippen molar-refractivity contribution in [1.82, 2.24) is 20.2 Å². The molecule has 0 saturated heterocycles. The maximum absolute atomic E-state index is 15.8. The second kappa shape index (κ2) is 5.50. The Kier molecular flexibility index (Phi) is 3.78. The van der Waals surface area contributed by atoms with Gasteiger partial charge in [-0.1, -0.05) is 0 Å². The van der Waals surface area contributed by atoms with E-state index in [2.05, 4.69) is 15.5 Å². The molecule has 10 heteroatoms.